The Morgan fingerprint density at radius 2 is 1.73 bits per heavy atom. The molecule has 0 aromatic rings. The van der Waals surface area contributed by atoms with Crippen LogP contribution in [0.1, 0.15) is 40.0 Å². The van der Waals surface area contributed by atoms with Crippen molar-refractivity contribution in [3.8, 4) is 0 Å². The van der Waals surface area contributed by atoms with Gasteiger partial charge in [0.25, 0.3) is 0 Å². The van der Waals surface area contributed by atoms with Gasteiger partial charge in [0.15, 0.2) is 0 Å². The van der Waals surface area contributed by atoms with Crippen molar-refractivity contribution in [3.63, 3.8) is 0 Å². The van der Waals surface area contributed by atoms with Gasteiger partial charge in [-0.1, -0.05) is 32.4 Å². The fourth-order valence-corrected chi connectivity index (χ4v) is 0.906. The summed E-state index contributed by atoms with van der Waals surface area (Å²) in [5, 5.41) is 0. The Kier molecular flexibility index (Phi) is 9.98. The van der Waals surface area contributed by atoms with E-state index >= 15 is 0 Å². The Morgan fingerprint density at radius 1 is 1.27 bits per heavy atom. The predicted octanol–water partition coefficient (Wildman–Crippen LogP) is 2.89. The predicted molar refractivity (Wildman–Crippen MR) is 54.2 cm³/mol. The number of halogens is 1. The Morgan fingerprint density at radius 3 is 2.00 bits per heavy atom. The van der Waals surface area contributed by atoms with E-state index in [-0.39, 0.29) is 18.4 Å². The lowest BCUT2D eigenvalue weighted by Crippen LogP contribution is -2.15. The molecule has 0 spiro atoms. The minimum absolute atomic E-state index is 0. The SMILES string of the molecule is CCC(=CC(N)CC)CC.Cl. The van der Waals surface area contributed by atoms with Gasteiger partial charge in [-0.3, -0.25) is 0 Å². The molecule has 1 nitrogen and oxygen atoms in total. The molecular weight excluding hydrogens is 158 g/mol. The van der Waals surface area contributed by atoms with Gasteiger partial charge in [-0.25, -0.2) is 0 Å². The molecule has 0 radical (unpaired) electrons. The van der Waals surface area contributed by atoms with Gasteiger partial charge in [0.1, 0.15) is 0 Å². The molecule has 0 saturated carbocycles. The summed E-state index contributed by atoms with van der Waals surface area (Å²) in [6.07, 6.45) is 5.53. The Hall–Kier alpha value is -0.0100. The Labute approximate surface area is 76.5 Å². The minimum atomic E-state index is 0. The average Bonchev–Trinajstić information content (AvgIpc) is 1.99. The molecule has 0 rings (SSSR count). The smallest absolute Gasteiger partial charge is 0.0223 e. The maximum atomic E-state index is 5.75. The summed E-state index contributed by atoms with van der Waals surface area (Å²) in [5.74, 6) is 0. The number of nitrogens with two attached hydrogens (primary N) is 1. The van der Waals surface area contributed by atoms with Crippen LogP contribution in [0.5, 0.6) is 0 Å². The van der Waals surface area contributed by atoms with Crippen molar-refractivity contribution in [2.45, 2.75) is 46.1 Å². The Bertz CT molecular complexity index is 104. The topological polar surface area (TPSA) is 26.0 Å². The van der Waals surface area contributed by atoms with E-state index in [4.69, 9.17) is 5.73 Å². The molecule has 2 heteroatoms. The van der Waals surface area contributed by atoms with Crippen LogP contribution in [-0.4, -0.2) is 6.04 Å². The maximum absolute atomic E-state index is 5.75. The molecular formula is C9H20ClN. The van der Waals surface area contributed by atoms with E-state index in [1.54, 1.807) is 0 Å². The summed E-state index contributed by atoms with van der Waals surface area (Å²) >= 11 is 0. The van der Waals surface area contributed by atoms with E-state index in [1.807, 2.05) is 0 Å². The average molecular weight is 178 g/mol. The molecule has 0 heterocycles. The third kappa shape index (κ3) is 6.39. The number of allylic oxidation sites excluding steroid dienone is 1. The zero-order valence-electron chi connectivity index (χ0n) is 7.76. The van der Waals surface area contributed by atoms with Gasteiger partial charge in [0, 0.05) is 6.04 Å². The lowest BCUT2D eigenvalue weighted by atomic mass is 10.1. The first-order chi connectivity index (χ1) is 4.74. The molecule has 0 amide bonds. The minimum Gasteiger partial charge on any atom is -0.324 e. The molecule has 0 saturated heterocycles. The first kappa shape index (κ1) is 13.6. The second kappa shape index (κ2) is 8.09. The summed E-state index contributed by atoms with van der Waals surface area (Å²) in [6, 6.07) is 0.273. The van der Waals surface area contributed by atoms with Crippen LogP contribution >= 0.6 is 12.4 Å². The molecule has 68 valence electrons. The van der Waals surface area contributed by atoms with Crippen LogP contribution in [0.2, 0.25) is 0 Å². The van der Waals surface area contributed by atoms with E-state index in [2.05, 4.69) is 26.8 Å². The summed E-state index contributed by atoms with van der Waals surface area (Å²) in [4.78, 5) is 0. The first-order valence-corrected chi connectivity index (χ1v) is 4.19. The van der Waals surface area contributed by atoms with Crippen molar-refractivity contribution in [1.82, 2.24) is 0 Å². The molecule has 1 unspecified atom stereocenters. The van der Waals surface area contributed by atoms with Crippen LogP contribution < -0.4 is 5.73 Å². The molecule has 0 aliphatic rings. The maximum Gasteiger partial charge on any atom is 0.0223 e. The third-order valence-electron chi connectivity index (χ3n) is 1.83. The summed E-state index contributed by atoms with van der Waals surface area (Å²) in [7, 11) is 0. The third-order valence-corrected chi connectivity index (χ3v) is 1.83. The van der Waals surface area contributed by atoms with E-state index in [9.17, 15) is 0 Å². The van der Waals surface area contributed by atoms with Crippen molar-refractivity contribution < 1.29 is 0 Å². The normalized spacial score (nSPS) is 11.6. The van der Waals surface area contributed by atoms with Gasteiger partial charge in [0.2, 0.25) is 0 Å². The largest absolute Gasteiger partial charge is 0.324 e. The van der Waals surface area contributed by atoms with Crippen LogP contribution in [0.4, 0.5) is 0 Å². The fourth-order valence-electron chi connectivity index (χ4n) is 0.906. The van der Waals surface area contributed by atoms with Crippen LogP contribution in [0.25, 0.3) is 0 Å². The van der Waals surface area contributed by atoms with Crippen LogP contribution in [0, 0.1) is 0 Å². The van der Waals surface area contributed by atoms with Gasteiger partial charge >= 0.3 is 0 Å². The van der Waals surface area contributed by atoms with E-state index in [0.29, 0.717) is 0 Å². The van der Waals surface area contributed by atoms with Crippen molar-refractivity contribution in [1.29, 1.82) is 0 Å². The zero-order chi connectivity index (χ0) is 7.98. The fraction of sp³-hybridized carbons (Fsp3) is 0.778. The second-order valence-electron chi connectivity index (χ2n) is 2.60. The molecule has 0 fully saturated rings. The molecule has 0 aromatic carbocycles. The lowest BCUT2D eigenvalue weighted by Gasteiger charge is -2.05. The first-order valence-electron chi connectivity index (χ1n) is 4.19. The number of hydrogen-bond donors (Lipinski definition) is 1. The van der Waals surface area contributed by atoms with Gasteiger partial charge in [-0.2, -0.15) is 0 Å². The van der Waals surface area contributed by atoms with Crippen molar-refractivity contribution in [2.24, 2.45) is 5.73 Å². The highest BCUT2D eigenvalue weighted by Crippen LogP contribution is 2.06. The summed E-state index contributed by atoms with van der Waals surface area (Å²) in [5.41, 5.74) is 7.23. The number of hydrogen-bond acceptors (Lipinski definition) is 1. The standard InChI is InChI=1S/C9H19N.ClH/c1-4-8(5-2)7-9(10)6-3;/h7,9H,4-6,10H2,1-3H3;1H. The second-order valence-corrected chi connectivity index (χ2v) is 2.60. The highest BCUT2D eigenvalue weighted by Gasteiger charge is 1.95. The van der Waals surface area contributed by atoms with Gasteiger partial charge in [-0.15, -0.1) is 12.4 Å². The summed E-state index contributed by atoms with van der Waals surface area (Å²) in [6.45, 7) is 6.47. The van der Waals surface area contributed by atoms with Crippen LogP contribution in [0.15, 0.2) is 11.6 Å². The van der Waals surface area contributed by atoms with Crippen molar-refractivity contribution >= 4 is 12.4 Å². The van der Waals surface area contributed by atoms with Crippen molar-refractivity contribution in [3.05, 3.63) is 11.6 Å². The van der Waals surface area contributed by atoms with Crippen LogP contribution in [0.3, 0.4) is 0 Å². The summed E-state index contributed by atoms with van der Waals surface area (Å²) < 4.78 is 0. The van der Waals surface area contributed by atoms with E-state index in [1.165, 1.54) is 5.57 Å². The molecule has 2 N–H and O–H groups in total. The quantitative estimate of drug-likeness (QED) is 0.657. The van der Waals surface area contributed by atoms with Crippen LogP contribution in [-0.2, 0) is 0 Å². The molecule has 11 heavy (non-hydrogen) atoms. The zero-order valence-corrected chi connectivity index (χ0v) is 8.58. The molecule has 0 aromatic heterocycles. The molecule has 0 aliphatic heterocycles. The van der Waals surface area contributed by atoms with Gasteiger partial charge in [-0.05, 0) is 19.3 Å². The molecule has 1 atom stereocenters. The number of rotatable bonds is 4. The van der Waals surface area contributed by atoms with E-state index < -0.39 is 0 Å². The highest BCUT2D eigenvalue weighted by molar-refractivity contribution is 5.85. The molecule has 0 bridgehead atoms. The highest BCUT2D eigenvalue weighted by atomic mass is 35.5. The lowest BCUT2D eigenvalue weighted by molar-refractivity contribution is 0.764. The van der Waals surface area contributed by atoms with Crippen molar-refractivity contribution in [2.75, 3.05) is 0 Å². The monoisotopic (exact) mass is 177 g/mol. The Balaban J connectivity index is 0. The van der Waals surface area contributed by atoms with Gasteiger partial charge in [0.05, 0.1) is 0 Å². The van der Waals surface area contributed by atoms with E-state index in [0.717, 1.165) is 19.3 Å². The molecule has 0 aliphatic carbocycles. The van der Waals surface area contributed by atoms with Gasteiger partial charge < -0.3 is 5.73 Å².